The number of rotatable bonds is 6. The molecule has 2 aromatic heterocycles. The highest BCUT2D eigenvalue weighted by atomic mass is 32.2. The summed E-state index contributed by atoms with van der Waals surface area (Å²) < 4.78 is 32.1. The lowest BCUT2D eigenvalue weighted by molar-refractivity contribution is 0.0656. The molecule has 0 unspecified atom stereocenters. The molecule has 0 aliphatic rings. The first kappa shape index (κ1) is 13.3. The van der Waals surface area contributed by atoms with E-state index < -0.39 is 26.8 Å². The van der Waals surface area contributed by atoms with E-state index in [-0.39, 0.29) is 6.54 Å². The summed E-state index contributed by atoms with van der Waals surface area (Å²) >= 11 is 0. The van der Waals surface area contributed by atoms with Crippen LogP contribution in [0.15, 0.2) is 40.1 Å². The normalized spacial score (nSPS) is 11.6. The molecule has 0 amide bonds. The van der Waals surface area contributed by atoms with Crippen molar-refractivity contribution in [1.82, 2.24) is 14.5 Å². The zero-order chi connectivity index (χ0) is 13.9. The number of sulfonamides is 1. The van der Waals surface area contributed by atoms with E-state index in [0.717, 1.165) is 12.1 Å². The van der Waals surface area contributed by atoms with Crippen molar-refractivity contribution in [1.29, 1.82) is 0 Å². The number of hydrogen-bond acceptors (Lipinski definition) is 5. The number of aromatic carboxylic acids is 1. The Morgan fingerprint density at radius 3 is 2.84 bits per heavy atom. The van der Waals surface area contributed by atoms with Crippen molar-refractivity contribution in [3.63, 3.8) is 0 Å². The van der Waals surface area contributed by atoms with Gasteiger partial charge in [0, 0.05) is 18.9 Å². The fraction of sp³-hybridized carbons (Fsp3) is 0.200. The number of aromatic nitrogens is 2. The third-order valence-corrected chi connectivity index (χ3v) is 3.58. The van der Waals surface area contributed by atoms with E-state index >= 15 is 0 Å². The lowest BCUT2D eigenvalue weighted by Crippen LogP contribution is -2.27. The van der Waals surface area contributed by atoms with E-state index in [2.05, 4.69) is 9.82 Å². The van der Waals surface area contributed by atoms with Crippen LogP contribution in [0.1, 0.15) is 10.6 Å². The molecule has 0 saturated heterocycles. The van der Waals surface area contributed by atoms with Gasteiger partial charge in [0.05, 0.1) is 6.54 Å². The Balaban J connectivity index is 1.99. The van der Waals surface area contributed by atoms with E-state index in [1.54, 1.807) is 23.1 Å². The topological polar surface area (TPSA) is 114 Å². The third kappa shape index (κ3) is 3.20. The van der Waals surface area contributed by atoms with E-state index in [1.807, 2.05) is 0 Å². The highest BCUT2D eigenvalue weighted by Gasteiger charge is 2.20. The van der Waals surface area contributed by atoms with Gasteiger partial charge in [-0.05, 0) is 18.2 Å². The highest BCUT2D eigenvalue weighted by Crippen LogP contribution is 2.13. The summed E-state index contributed by atoms with van der Waals surface area (Å²) in [5.74, 6) is -1.74. The van der Waals surface area contributed by atoms with Gasteiger partial charge in [-0.1, -0.05) is 0 Å². The van der Waals surface area contributed by atoms with Crippen LogP contribution in [0.2, 0.25) is 0 Å². The number of nitrogens with zero attached hydrogens (tertiary/aromatic N) is 2. The maximum absolute atomic E-state index is 11.8. The number of hydrogen-bond donors (Lipinski definition) is 2. The first-order chi connectivity index (χ1) is 8.99. The standard InChI is InChI=1S/C10H11N3O5S/c14-10(15)8-2-3-9(18-8)19(16,17)12-5-7-13-6-1-4-11-13/h1-4,6,12H,5,7H2,(H,14,15). The summed E-state index contributed by atoms with van der Waals surface area (Å²) in [6.07, 6.45) is 3.28. The molecular weight excluding hydrogens is 274 g/mol. The van der Waals surface area contributed by atoms with Gasteiger partial charge in [-0.3, -0.25) is 4.68 Å². The van der Waals surface area contributed by atoms with Crippen LogP contribution < -0.4 is 4.72 Å². The summed E-state index contributed by atoms with van der Waals surface area (Å²) in [4.78, 5) is 10.6. The molecule has 0 fully saturated rings. The Morgan fingerprint density at radius 2 is 2.26 bits per heavy atom. The van der Waals surface area contributed by atoms with Crippen molar-refractivity contribution in [2.75, 3.05) is 6.54 Å². The largest absolute Gasteiger partial charge is 0.475 e. The summed E-state index contributed by atoms with van der Waals surface area (Å²) in [5, 5.41) is 12.1. The zero-order valence-electron chi connectivity index (χ0n) is 9.68. The van der Waals surface area contributed by atoms with Crippen LogP contribution in [0.5, 0.6) is 0 Å². The number of furan rings is 1. The van der Waals surface area contributed by atoms with Gasteiger partial charge in [-0.15, -0.1) is 0 Å². The monoisotopic (exact) mass is 285 g/mol. The molecule has 2 heterocycles. The van der Waals surface area contributed by atoms with Crippen molar-refractivity contribution in [3.8, 4) is 0 Å². The van der Waals surface area contributed by atoms with Gasteiger partial charge in [-0.2, -0.15) is 5.10 Å². The van der Waals surface area contributed by atoms with Crippen molar-refractivity contribution in [2.24, 2.45) is 0 Å². The van der Waals surface area contributed by atoms with Crippen LogP contribution in [0.4, 0.5) is 0 Å². The Bertz CT molecular complexity index is 659. The van der Waals surface area contributed by atoms with Gasteiger partial charge in [-0.25, -0.2) is 17.9 Å². The van der Waals surface area contributed by atoms with E-state index in [4.69, 9.17) is 9.52 Å². The average Bonchev–Trinajstić information content (AvgIpc) is 2.99. The van der Waals surface area contributed by atoms with Gasteiger partial charge >= 0.3 is 5.97 Å². The maximum Gasteiger partial charge on any atom is 0.371 e. The predicted molar refractivity (Wildman–Crippen MR) is 63.1 cm³/mol. The minimum absolute atomic E-state index is 0.118. The van der Waals surface area contributed by atoms with Crippen LogP contribution >= 0.6 is 0 Å². The van der Waals surface area contributed by atoms with E-state index in [1.165, 1.54) is 0 Å². The first-order valence-electron chi connectivity index (χ1n) is 5.29. The van der Waals surface area contributed by atoms with Crippen LogP contribution in [-0.4, -0.2) is 35.8 Å². The predicted octanol–water partition coefficient (Wildman–Crippen LogP) is 0.153. The molecule has 0 atom stereocenters. The molecule has 0 saturated carbocycles. The van der Waals surface area contributed by atoms with E-state index in [9.17, 15) is 13.2 Å². The number of carboxylic acid groups (broad SMARTS) is 1. The maximum atomic E-state index is 11.8. The third-order valence-electron chi connectivity index (χ3n) is 2.25. The van der Waals surface area contributed by atoms with Gasteiger partial charge in [0.2, 0.25) is 10.9 Å². The summed E-state index contributed by atoms with van der Waals surface area (Å²) in [7, 11) is -3.85. The lowest BCUT2D eigenvalue weighted by atomic mass is 10.5. The smallest absolute Gasteiger partial charge is 0.371 e. The summed E-state index contributed by atoms with van der Waals surface area (Å²) in [5.41, 5.74) is 0. The number of carboxylic acids is 1. The summed E-state index contributed by atoms with van der Waals surface area (Å²) in [6.45, 7) is 0.478. The van der Waals surface area contributed by atoms with E-state index in [0.29, 0.717) is 6.54 Å². The Labute approximate surface area is 108 Å². The molecule has 0 bridgehead atoms. The molecule has 19 heavy (non-hydrogen) atoms. The fourth-order valence-electron chi connectivity index (χ4n) is 1.38. The van der Waals surface area contributed by atoms with Crippen LogP contribution in [0.3, 0.4) is 0 Å². The van der Waals surface area contributed by atoms with Crippen LogP contribution in [-0.2, 0) is 16.6 Å². The van der Waals surface area contributed by atoms with Crippen molar-refractivity contribution >= 4 is 16.0 Å². The molecule has 2 N–H and O–H groups in total. The number of nitrogens with one attached hydrogen (secondary N) is 1. The molecule has 0 aromatic carbocycles. The highest BCUT2D eigenvalue weighted by molar-refractivity contribution is 7.89. The molecule has 9 heteroatoms. The minimum atomic E-state index is -3.85. The SMILES string of the molecule is O=C(O)c1ccc(S(=O)(=O)NCCn2cccn2)o1. The Morgan fingerprint density at radius 1 is 1.47 bits per heavy atom. The molecular formula is C10H11N3O5S. The molecule has 0 aliphatic heterocycles. The molecule has 102 valence electrons. The van der Waals surface area contributed by atoms with Crippen LogP contribution in [0, 0.1) is 0 Å². The number of carbonyl (C=O) groups is 1. The molecule has 0 aliphatic carbocycles. The van der Waals surface area contributed by atoms with Crippen molar-refractivity contribution in [3.05, 3.63) is 36.4 Å². The van der Waals surface area contributed by atoms with Gasteiger partial charge in [0.1, 0.15) is 0 Å². The second kappa shape index (κ2) is 5.24. The molecule has 2 rings (SSSR count). The molecule has 2 aromatic rings. The van der Waals surface area contributed by atoms with Gasteiger partial charge in [0.15, 0.2) is 0 Å². The molecule has 8 nitrogen and oxygen atoms in total. The zero-order valence-corrected chi connectivity index (χ0v) is 10.5. The molecule has 0 radical (unpaired) electrons. The summed E-state index contributed by atoms with van der Waals surface area (Å²) in [6, 6.07) is 3.91. The van der Waals surface area contributed by atoms with Crippen molar-refractivity contribution < 1.29 is 22.7 Å². The Hall–Kier alpha value is -2.13. The molecule has 0 spiro atoms. The minimum Gasteiger partial charge on any atom is -0.475 e. The van der Waals surface area contributed by atoms with Crippen LogP contribution in [0.25, 0.3) is 0 Å². The fourth-order valence-corrected chi connectivity index (χ4v) is 2.33. The Kier molecular flexibility index (Phi) is 3.67. The van der Waals surface area contributed by atoms with Gasteiger partial charge in [0.25, 0.3) is 10.0 Å². The lowest BCUT2D eigenvalue weighted by Gasteiger charge is -2.04. The average molecular weight is 285 g/mol. The second-order valence-corrected chi connectivity index (χ2v) is 5.29. The quantitative estimate of drug-likeness (QED) is 0.781. The van der Waals surface area contributed by atoms with Crippen molar-refractivity contribution in [2.45, 2.75) is 11.6 Å². The second-order valence-electron chi connectivity index (χ2n) is 3.59. The van der Waals surface area contributed by atoms with Gasteiger partial charge < -0.3 is 9.52 Å². The first-order valence-corrected chi connectivity index (χ1v) is 6.77.